The lowest BCUT2D eigenvalue weighted by Gasteiger charge is -2.20. The maximum absolute atomic E-state index is 13.7. The molecule has 2 N–H and O–H groups in total. The number of hydrogen-bond acceptors (Lipinski definition) is 3. The van der Waals surface area contributed by atoms with Crippen LogP contribution in [0.2, 0.25) is 0 Å². The third kappa shape index (κ3) is 3.08. The van der Waals surface area contributed by atoms with Gasteiger partial charge in [-0.2, -0.15) is 0 Å². The summed E-state index contributed by atoms with van der Waals surface area (Å²) in [6.45, 7) is 1.04. The number of nitrogens with zero attached hydrogens (tertiary/aromatic N) is 1. The summed E-state index contributed by atoms with van der Waals surface area (Å²) >= 11 is 0. The van der Waals surface area contributed by atoms with E-state index in [-0.39, 0.29) is 5.82 Å². The molecule has 0 saturated heterocycles. The van der Waals surface area contributed by atoms with E-state index in [1.165, 1.54) is 6.07 Å². The van der Waals surface area contributed by atoms with Crippen LogP contribution in [0.1, 0.15) is 11.1 Å². The van der Waals surface area contributed by atoms with Crippen molar-refractivity contribution in [3.05, 3.63) is 59.4 Å². The number of halogens is 1. The number of para-hydroxylation sites is 1. The first-order chi connectivity index (χ1) is 9.65. The van der Waals surface area contributed by atoms with Crippen molar-refractivity contribution in [2.75, 3.05) is 19.1 Å². The minimum atomic E-state index is -0.222. The Labute approximate surface area is 118 Å². The van der Waals surface area contributed by atoms with E-state index in [2.05, 4.69) is 0 Å². The van der Waals surface area contributed by atoms with Crippen LogP contribution in [0.3, 0.4) is 0 Å². The molecule has 2 aromatic carbocycles. The van der Waals surface area contributed by atoms with Crippen molar-refractivity contribution < 1.29 is 9.13 Å². The van der Waals surface area contributed by atoms with E-state index < -0.39 is 0 Å². The molecule has 0 amide bonds. The van der Waals surface area contributed by atoms with Gasteiger partial charge in [0.25, 0.3) is 0 Å². The zero-order chi connectivity index (χ0) is 14.5. The lowest BCUT2D eigenvalue weighted by Crippen LogP contribution is -2.17. The van der Waals surface area contributed by atoms with Crippen molar-refractivity contribution >= 4 is 5.69 Å². The summed E-state index contributed by atoms with van der Waals surface area (Å²) in [5.41, 5.74) is 8.24. The zero-order valence-electron chi connectivity index (χ0n) is 11.8. The summed E-state index contributed by atoms with van der Waals surface area (Å²) in [7, 11) is 3.49. The lowest BCUT2D eigenvalue weighted by molar-refractivity contribution is 0.409. The lowest BCUT2D eigenvalue weighted by atomic mass is 10.1. The standard InChI is InChI=1S/C16H19FN2O/c1-19(15-6-4-3-5-14(15)17)11-12-7-8-13(10-18)16(9-12)20-2/h3-9H,10-11,18H2,1-2H3. The highest BCUT2D eigenvalue weighted by Gasteiger charge is 2.09. The van der Waals surface area contributed by atoms with Crippen LogP contribution in [0.4, 0.5) is 10.1 Å². The van der Waals surface area contributed by atoms with Crippen molar-refractivity contribution in [1.29, 1.82) is 0 Å². The number of ether oxygens (including phenoxy) is 1. The smallest absolute Gasteiger partial charge is 0.146 e. The van der Waals surface area contributed by atoms with E-state index in [4.69, 9.17) is 10.5 Å². The number of benzene rings is 2. The Morgan fingerprint density at radius 1 is 1.20 bits per heavy atom. The van der Waals surface area contributed by atoms with E-state index in [9.17, 15) is 4.39 Å². The fourth-order valence-electron chi connectivity index (χ4n) is 2.18. The predicted octanol–water partition coefficient (Wildman–Crippen LogP) is 2.93. The second-order valence-corrected chi connectivity index (χ2v) is 4.66. The summed E-state index contributed by atoms with van der Waals surface area (Å²) in [6.07, 6.45) is 0. The number of methoxy groups -OCH3 is 1. The first kappa shape index (κ1) is 14.3. The fraction of sp³-hybridized carbons (Fsp3) is 0.250. The predicted molar refractivity (Wildman–Crippen MR) is 79.4 cm³/mol. The van der Waals surface area contributed by atoms with Gasteiger partial charge in [0.2, 0.25) is 0 Å². The largest absolute Gasteiger partial charge is 0.496 e. The van der Waals surface area contributed by atoms with Gasteiger partial charge in [0.1, 0.15) is 11.6 Å². The molecule has 2 rings (SSSR count). The molecule has 3 nitrogen and oxygen atoms in total. The molecule has 0 fully saturated rings. The van der Waals surface area contributed by atoms with Gasteiger partial charge in [0.05, 0.1) is 12.8 Å². The molecule has 20 heavy (non-hydrogen) atoms. The van der Waals surface area contributed by atoms with Gasteiger partial charge in [-0.1, -0.05) is 24.3 Å². The average molecular weight is 274 g/mol. The Morgan fingerprint density at radius 2 is 1.95 bits per heavy atom. The summed E-state index contributed by atoms with van der Waals surface area (Å²) in [5, 5.41) is 0. The van der Waals surface area contributed by atoms with Crippen molar-refractivity contribution in [3.63, 3.8) is 0 Å². The maximum atomic E-state index is 13.7. The minimum Gasteiger partial charge on any atom is -0.496 e. The van der Waals surface area contributed by atoms with Crippen LogP contribution in [0.15, 0.2) is 42.5 Å². The Balaban J connectivity index is 2.20. The quantitative estimate of drug-likeness (QED) is 0.911. The highest BCUT2D eigenvalue weighted by molar-refractivity contribution is 5.48. The van der Waals surface area contributed by atoms with Crippen molar-refractivity contribution in [2.24, 2.45) is 5.73 Å². The van der Waals surface area contributed by atoms with E-state index in [0.717, 1.165) is 16.9 Å². The highest BCUT2D eigenvalue weighted by atomic mass is 19.1. The molecule has 0 saturated carbocycles. The molecule has 0 aliphatic rings. The Bertz CT molecular complexity index is 586. The molecule has 0 aromatic heterocycles. The van der Waals surface area contributed by atoms with Gasteiger partial charge in [0, 0.05) is 25.7 Å². The van der Waals surface area contributed by atoms with Crippen LogP contribution in [-0.2, 0) is 13.1 Å². The molecule has 0 aliphatic heterocycles. The second kappa shape index (κ2) is 6.39. The Hall–Kier alpha value is -2.07. The van der Waals surface area contributed by atoms with Gasteiger partial charge in [-0.3, -0.25) is 0 Å². The summed E-state index contributed by atoms with van der Waals surface area (Å²) in [4.78, 5) is 1.87. The molecule has 0 spiro atoms. The van der Waals surface area contributed by atoms with Crippen LogP contribution in [0.25, 0.3) is 0 Å². The molecule has 0 bridgehead atoms. The molecule has 0 heterocycles. The molecule has 0 unspecified atom stereocenters. The van der Waals surface area contributed by atoms with Gasteiger partial charge < -0.3 is 15.4 Å². The van der Waals surface area contributed by atoms with Gasteiger partial charge in [-0.25, -0.2) is 4.39 Å². The third-order valence-corrected chi connectivity index (χ3v) is 3.25. The van der Waals surface area contributed by atoms with Crippen molar-refractivity contribution in [3.8, 4) is 5.75 Å². The molecular weight excluding hydrogens is 255 g/mol. The van der Waals surface area contributed by atoms with Crippen LogP contribution in [-0.4, -0.2) is 14.2 Å². The SMILES string of the molecule is COc1cc(CN(C)c2ccccc2F)ccc1CN. The van der Waals surface area contributed by atoms with Gasteiger partial charge in [-0.05, 0) is 23.8 Å². The van der Waals surface area contributed by atoms with Gasteiger partial charge >= 0.3 is 0 Å². The van der Waals surface area contributed by atoms with E-state index >= 15 is 0 Å². The number of anilines is 1. The molecular formula is C16H19FN2O. The average Bonchev–Trinajstić information content (AvgIpc) is 2.47. The third-order valence-electron chi connectivity index (χ3n) is 3.25. The van der Waals surface area contributed by atoms with Gasteiger partial charge in [-0.15, -0.1) is 0 Å². The van der Waals surface area contributed by atoms with Crippen LogP contribution < -0.4 is 15.4 Å². The van der Waals surface area contributed by atoms with E-state index in [1.807, 2.05) is 36.2 Å². The van der Waals surface area contributed by atoms with E-state index in [1.54, 1.807) is 19.2 Å². The molecule has 4 heteroatoms. The fourth-order valence-corrected chi connectivity index (χ4v) is 2.18. The second-order valence-electron chi connectivity index (χ2n) is 4.66. The number of nitrogens with two attached hydrogens (primary N) is 1. The van der Waals surface area contributed by atoms with E-state index in [0.29, 0.717) is 18.8 Å². The van der Waals surface area contributed by atoms with Gasteiger partial charge in [0.15, 0.2) is 0 Å². The normalized spacial score (nSPS) is 10.4. The van der Waals surface area contributed by atoms with Crippen molar-refractivity contribution in [1.82, 2.24) is 0 Å². The van der Waals surface area contributed by atoms with Crippen LogP contribution in [0, 0.1) is 5.82 Å². The molecule has 106 valence electrons. The Kier molecular flexibility index (Phi) is 4.58. The van der Waals surface area contributed by atoms with Crippen molar-refractivity contribution in [2.45, 2.75) is 13.1 Å². The highest BCUT2D eigenvalue weighted by Crippen LogP contribution is 2.23. The summed E-state index contributed by atoms with van der Waals surface area (Å²) in [5.74, 6) is 0.549. The zero-order valence-corrected chi connectivity index (χ0v) is 11.8. The number of rotatable bonds is 5. The molecule has 0 atom stereocenters. The maximum Gasteiger partial charge on any atom is 0.146 e. The number of hydrogen-bond donors (Lipinski definition) is 1. The first-order valence-electron chi connectivity index (χ1n) is 6.47. The molecule has 0 aliphatic carbocycles. The first-order valence-corrected chi connectivity index (χ1v) is 6.47. The molecule has 0 radical (unpaired) electrons. The minimum absolute atomic E-state index is 0.222. The topological polar surface area (TPSA) is 38.5 Å². The molecule has 2 aromatic rings. The van der Waals surface area contributed by atoms with Crippen LogP contribution >= 0.6 is 0 Å². The Morgan fingerprint density at radius 3 is 2.60 bits per heavy atom. The summed E-state index contributed by atoms with van der Waals surface area (Å²) in [6, 6.07) is 12.6. The summed E-state index contributed by atoms with van der Waals surface area (Å²) < 4.78 is 19.0. The monoisotopic (exact) mass is 274 g/mol. The van der Waals surface area contributed by atoms with Crippen LogP contribution in [0.5, 0.6) is 5.75 Å².